The average molecular weight is 445 g/mol. The Hall–Kier alpha value is -3.02. The molecule has 2 aliphatic rings. The van der Waals surface area contributed by atoms with Gasteiger partial charge in [-0.2, -0.15) is 0 Å². The Bertz CT molecular complexity index is 1090. The van der Waals surface area contributed by atoms with E-state index in [0.29, 0.717) is 18.7 Å². The summed E-state index contributed by atoms with van der Waals surface area (Å²) in [5.41, 5.74) is 4.07. The zero-order valence-corrected chi connectivity index (χ0v) is 18.6. The fraction of sp³-hybridized carbons (Fsp3) is 0.321. The van der Waals surface area contributed by atoms with Gasteiger partial charge in [-0.25, -0.2) is 4.39 Å². The predicted octanol–water partition coefficient (Wildman–Crippen LogP) is 4.56. The second-order valence-electron chi connectivity index (χ2n) is 9.03. The van der Waals surface area contributed by atoms with E-state index >= 15 is 0 Å². The molecule has 3 atom stereocenters. The number of benzene rings is 3. The van der Waals surface area contributed by atoms with Gasteiger partial charge in [0, 0.05) is 36.7 Å². The first-order chi connectivity index (χ1) is 16.2. The van der Waals surface area contributed by atoms with Gasteiger partial charge in [-0.3, -0.25) is 9.69 Å². The Morgan fingerprint density at radius 1 is 0.879 bits per heavy atom. The molecule has 33 heavy (non-hydrogen) atoms. The largest absolute Gasteiger partial charge is 0.395 e. The van der Waals surface area contributed by atoms with Crippen molar-refractivity contribution in [2.24, 2.45) is 0 Å². The summed E-state index contributed by atoms with van der Waals surface area (Å²) in [5, 5.41) is 10.2. The lowest BCUT2D eigenvalue weighted by atomic mass is 9.74. The topological polar surface area (TPSA) is 43.8 Å². The highest BCUT2D eigenvalue weighted by Gasteiger charge is 2.49. The Morgan fingerprint density at radius 2 is 1.55 bits per heavy atom. The molecule has 1 amide bonds. The highest BCUT2D eigenvalue weighted by Crippen LogP contribution is 2.42. The van der Waals surface area contributed by atoms with Crippen LogP contribution in [0.25, 0.3) is 11.1 Å². The number of carbonyl (C=O) groups excluding carboxylic acids is 1. The molecule has 2 aliphatic heterocycles. The van der Waals surface area contributed by atoms with Crippen LogP contribution >= 0.6 is 0 Å². The number of carbonyl (C=O) groups is 1. The van der Waals surface area contributed by atoms with Crippen molar-refractivity contribution in [1.29, 1.82) is 0 Å². The van der Waals surface area contributed by atoms with E-state index in [0.717, 1.165) is 19.4 Å². The summed E-state index contributed by atoms with van der Waals surface area (Å²) in [5.74, 6) is -0.224. The zero-order valence-electron chi connectivity index (χ0n) is 18.6. The van der Waals surface area contributed by atoms with Gasteiger partial charge in [0.2, 0.25) is 0 Å². The first-order valence-corrected chi connectivity index (χ1v) is 11.7. The van der Waals surface area contributed by atoms with Crippen LogP contribution in [0.15, 0.2) is 78.9 Å². The van der Waals surface area contributed by atoms with Crippen LogP contribution in [-0.2, 0) is 0 Å². The fourth-order valence-electron chi connectivity index (χ4n) is 5.43. The molecule has 4 nitrogen and oxygen atoms in total. The van der Waals surface area contributed by atoms with Crippen molar-refractivity contribution in [3.05, 3.63) is 95.8 Å². The zero-order chi connectivity index (χ0) is 22.8. The van der Waals surface area contributed by atoms with Gasteiger partial charge >= 0.3 is 0 Å². The van der Waals surface area contributed by atoms with Crippen molar-refractivity contribution in [2.45, 2.75) is 30.8 Å². The quantitative estimate of drug-likeness (QED) is 0.642. The van der Waals surface area contributed by atoms with E-state index < -0.39 is 0 Å². The number of halogens is 1. The first kappa shape index (κ1) is 21.8. The summed E-state index contributed by atoms with van der Waals surface area (Å²) in [6.07, 6.45) is 1.91. The van der Waals surface area contributed by atoms with E-state index in [2.05, 4.69) is 41.3 Å². The Balaban J connectivity index is 1.38. The summed E-state index contributed by atoms with van der Waals surface area (Å²) in [7, 11) is 0. The number of fused-ring (bicyclic) bond motifs is 1. The van der Waals surface area contributed by atoms with Crippen molar-refractivity contribution in [1.82, 2.24) is 9.80 Å². The molecule has 0 radical (unpaired) electrons. The lowest BCUT2D eigenvalue weighted by molar-refractivity contribution is -0.0606. The van der Waals surface area contributed by atoms with Crippen LogP contribution in [-0.4, -0.2) is 59.1 Å². The molecule has 2 saturated heterocycles. The highest BCUT2D eigenvalue weighted by atomic mass is 19.1. The Morgan fingerprint density at radius 3 is 2.24 bits per heavy atom. The van der Waals surface area contributed by atoms with E-state index in [9.17, 15) is 14.3 Å². The molecule has 5 heteroatoms. The van der Waals surface area contributed by atoms with E-state index in [1.165, 1.54) is 28.8 Å². The summed E-state index contributed by atoms with van der Waals surface area (Å²) >= 11 is 0. The summed E-state index contributed by atoms with van der Waals surface area (Å²) in [6, 6.07) is 24.9. The Labute approximate surface area is 194 Å². The molecule has 0 aromatic heterocycles. The molecule has 0 aliphatic carbocycles. The normalized spacial score (nSPS) is 23.2. The lowest BCUT2D eigenvalue weighted by Crippen LogP contribution is -2.67. The van der Waals surface area contributed by atoms with Crippen LogP contribution in [0.4, 0.5) is 4.39 Å². The van der Waals surface area contributed by atoms with Crippen LogP contribution in [0.5, 0.6) is 0 Å². The minimum absolute atomic E-state index is 0.0533. The van der Waals surface area contributed by atoms with Crippen LogP contribution in [0.3, 0.4) is 0 Å². The monoisotopic (exact) mass is 444 g/mol. The number of hydrogen-bond donors (Lipinski definition) is 1. The second-order valence-corrected chi connectivity index (χ2v) is 9.03. The van der Waals surface area contributed by atoms with E-state index in [1.807, 2.05) is 23.1 Å². The molecule has 0 saturated carbocycles. The van der Waals surface area contributed by atoms with Gasteiger partial charge in [0.15, 0.2) is 0 Å². The minimum atomic E-state index is -0.339. The van der Waals surface area contributed by atoms with Gasteiger partial charge in [0.25, 0.3) is 5.91 Å². The number of aliphatic hydroxyl groups excluding tert-OH is 1. The predicted molar refractivity (Wildman–Crippen MR) is 128 cm³/mol. The molecule has 3 aromatic rings. The maximum absolute atomic E-state index is 13.3. The van der Waals surface area contributed by atoms with Crippen LogP contribution in [0.2, 0.25) is 0 Å². The summed E-state index contributed by atoms with van der Waals surface area (Å²) in [6.45, 7) is 2.35. The van der Waals surface area contributed by atoms with E-state index in [1.54, 1.807) is 12.1 Å². The average Bonchev–Trinajstić information content (AvgIpc) is 2.84. The fourth-order valence-corrected chi connectivity index (χ4v) is 5.43. The third kappa shape index (κ3) is 4.31. The lowest BCUT2D eigenvalue weighted by Gasteiger charge is -2.57. The van der Waals surface area contributed by atoms with Gasteiger partial charge < -0.3 is 10.0 Å². The third-order valence-electron chi connectivity index (χ3n) is 7.15. The van der Waals surface area contributed by atoms with Gasteiger partial charge in [-0.05, 0) is 60.3 Å². The maximum atomic E-state index is 13.3. The van der Waals surface area contributed by atoms with Gasteiger partial charge in [-0.1, -0.05) is 54.6 Å². The smallest absolute Gasteiger partial charge is 0.253 e. The van der Waals surface area contributed by atoms with Crippen LogP contribution < -0.4 is 0 Å². The van der Waals surface area contributed by atoms with Gasteiger partial charge in [0.05, 0.1) is 6.61 Å². The van der Waals surface area contributed by atoms with Crippen molar-refractivity contribution >= 4 is 5.91 Å². The Kier molecular flexibility index (Phi) is 6.25. The van der Waals surface area contributed by atoms with Gasteiger partial charge in [-0.15, -0.1) is 0 Å². The van der Waals surface area contributed by atoms with Crippen molar-refractivity contribution in [2.75, 3.05) is 26.2 Å². The first-order valence-electron chi connectivity index (χ1n) is 11.7. The van der Waals surface area contributed by atoms with Crippen molar-refractivity contribution < 1.29 is 14.3 Å². The molecule has 2 fully saturated rings. The molecule has 0 unspecified atom stereocenters. The molecule has 5 rings (SSSR count). The standard InChI is InChI=1S/C28H29FN2O2/c29-24-14-12-23(13-15-24)28(33)30-16-4-5-17-31-25(18-30)27(26(31)19-32)22-10-8-21(9-11-22)20-6-2-1-3-7-20/h1-3,6-15,25-27,32H,4-5,16-19H2/t25-,26+,27-/m0/s1. The molecular weight excluding hydrogens is 415 g/mol. The molecule has 170 valence electrons. The number of amides is 1. The van der Waals surface area contributed by atoms with Crippen LogP contribution in [0, 0.1) is 5.82 Å². The molecule has 1 N–H and O–H groups in total. The number of hydrogen-bond acceptors (Lipinski definition) is 3. The molecule has 3 aromatic carbocycles. The van der Waals surface area contributed by atoms with Gasteiger partial charge in [0.1, 0.15) is 5.82 Å². The van der Waals surface area contributed by atoms with Crippen molar-refractivity contribution in [3.8, 4) is 11.1 Å². The molecule has 0 spiro atoms. The molecular formula is C28H29FN2O2. The third-order valence-corrected chi connectivity index (χ3v) is 7.15. The highest BCUT2D eigenvalue weighted by molar-refractivity contribution is 5.94. The van der Waals surface area contributed by atoms with E-state index in [4.69, 9.17) is 0 Å². The number of aliphatic hydroxyl groups is 1. The molecule has 0 bridgehead atoms. The summed E-state index contributed by atoms with van der Waals surface area (Å²) < 4.78 is 13.3. The van der Waals surface area contributed by atoms with Crippen LogP contribution in [0.1, 0.15) is 34.7 Å². The number of nitrogens with zero attached hydrogens (tertiary/aromatic N) is 2. The second kappa shape index (κ2) is 9.46. The SMILES string of the molecule is O=C(c1ccc(F)cc1)N1CCCCN2[C@H](CO)[C@@H](c3ccc(-c4ccccc4)cc3)[C@@H]2C1. The number of rotatable bonds is 4. The van der Waals surface area contributed by atoms with E-state index in [-0.39, 0.29) is 36.3 Å². The van der Waals surface area contributed by atoms with Crippen molar-refractivity contribution in [3.63, 3.8) is 0 Å². The summed E-state index contributed by atoms with van der Waals surface area (Å²) in [4.78, 5) is 17.5. The molecule has 2 heterocycles. The minimum Gasteiger partial charge on any atom is -0.395 e. The maximum Gasteiger partial charge on any atom is 0.253 e.